The van der Waals surface area contributed by atoms with Gasteiger partial charge in [0, 0.05) is 19.4 Å². The van der Waals surface area contributed by atoms with Crippen LogP contribution < -0.4 is 5.32 Å². The van der Waals surface area contributed by atoms with Crippen molar-refractivity contribution in [2.45, 2.75) is 76.7 Å². The summed E-state index contributed by atoms with van der Waals surface area (Å²) in [6, 6.07) is 12.8. The number of amides is 2. The van der Waals surface area contributed by atoms with Crippen molar-refractivity contribution in [3.8, 4) is 0 Å². The van der Waals surface area contributed by atoms with Gasteiger partial charge in [-0.15, -0.1) is 0 Å². The zero-order chi connectivity index (χ0) is 26.8. The number of carbonyl (C=O) groups excluding carboxylic acids is 3. The largest absolute Gasteiger partial charge is 0.459 e. The third kappa shape index (κ3) is 9.07. The predicted octanol–water partition coefficient (Wildman–Crippen LogP) is 4.46. The smallest absolute Gasteiger partial charge is 0.338 e. The number of halogens is 1. The van der Waals surface area contributed by atoms with Crippen molar-refractivity contribution in [2.75, 3.05) is 6.54 Å². The predicted molar refractivity (Wildman–Crippen MR) is 140 cm³/mol. The summed E-state index contributed by atoms with van der Waals surface area (Å²) >= 11 is 0. The molecular formula is C28H35FN2O5S. The molecule has 2 unspecified atom stereocenters. The Morgan fingerprint density at radius 3 is 2.32 bits per heavy atom. The van der Waals surface area contributed by atoms with Crippen molar-refractivity contribution >= 4 is 28.8 Å². The highest BCUT2D eigenvalue weighted by atomic mass is 32.2. The van der Waals surface area contributed by atoms with Gasteiger partial charge in [-0.25, -0.2) is 13.4 Å². The highest BCUT2D eigenvalue weighted by Crippen LogP contribution is 2.26. The summed E-state index contributed by atoms with van der Waals surface area (Å²) in [6.45, 7) is 4.11. The third-order valence-electron chi connectivity index (χ3n) is 6.08. The van der Waals surface area contributed by atoms with Gasteiger partial charge in [-0.05, 0) is 68.5 Å². The van der Waals surface area contributed by atoms with Gasteiger partial charge < -0.3 is 10.1 Å². The normalized spacial score (nSPS) is 15.8. The van der Waals surface area contributed by atoms with E-state index in [4.69, 9.17) is 4.74 Å². The van der Waals surface area contributed by atoms with Gasteiger partial charge in [0.25, 0.3) is 0 Å². The van der Waals surface area contributed by atoms with E-state index >= 15 is 0 Å². The Hall–Kier alpha value is -3.07. The van der Waals surface area contributed by atoms with Crippen LogP contribution in [0.1, 0.15) is 73.9 Å². The first-order chi connectivity index (χ1) is 17.7. The molecule has 1 aliphatic rings. The van der Waals surface area contributed by atoms with Crippen LogP contribution in [0.25, 0.3) is 0 Å². The van der Waals surface area contributed by atoms with Crippen molar-refractivity contribution in [3.05, 3.63) is 71.0 Å². The number of nitrogens with one attached hydrogen (secondary N) is 1. The standard InChI is InChI=1S/C28H35FN2O5S/c1-20(2)36-28(34)23-12-8-22(9-13-23)19-37(35)31-25(18-27(31)33)17-26(32)30-16-6-4-3-5-7-21-10-14-24(29)15-11-21/h8-15,20,25H,3-7,16-19H2,1-2H3,(H,30,32). The van der Waals surface area contributed by atoms with Crippen LogP contribution in [0.4, 0.5) is 4.39 Å². The van der Waals surface area contributed by atoms with E-state index in [0.29, 0.717) is 12.1 Å². The first-order valence-electron chi connectivity index (χ1n) is 12.7. The number of hydrogen-bond donors (Lipinski definition) is 1. The molecule has 200 valence electrons. The molecule has 1 saturated heterocycles. The highest BCUT2D eigenvalue weighted by Gasteiger charge is 2.41. The van der Waals surface area contributed by atoms with Gasteiger partial charge in [-0.1, -0.05) is 37.1 Å². The average molecular weight is 531 g/mol. The van der Waals surface area contributed by atoms with Gasteiger partial charge >= 0.3 is 5.97 Å². The number of β-lactam (4-membered cyclic amide) rings is 1. The lowest BCUT2D eigenvalue weighted by Crippen LogP contribution is -2.55. The van der Waals surface area contributed by atoms with Gasteiger partial charge in [0.05, 0.1) is 23.5 Å². The third-order valence-corrected chi connectivity index (χ3v) is 7.60. The summed E-state index contributed by atoms with van der Waals surface area (Å²) in [6.07, 6.45) is 4.90. The Kier molecular flexibility index (Phi) is 10.8. The Bertz CT molecular complexity index is 1090. The molecule has 1 fully saturated rings. The molecule has 1 aliphatic heterocycles. The molecule has 0 bridgehead atoms. The molecule has 0 radical (unpaired) electrons. The molecule has 2 aromatic rings. The summed E-state index contributed by atoms with van der Waals surface area (Å²) in [5.41, 5.74) is 2.25. The van der Waals surface area contributed by atoms with E-state index in [9.17, 15) is 23.0 Å². The second kappa shape index (κ2) is 14.0. The first-order valence-corrected chi connectivity index (χ1v) is 14.0. The number of rotatable bonds is 14. The van der Waals surface area contributed by atoms with E-state index in [-0.39, 0.29) is 48.4 Å². The molecule has 1 N–H and O–H groups in total. The van der Waals surface area contributed by atoms with Crippen LogP contribution in [-0.4, -0.2) is 45.0 Å². The van der Waals surface area contributed by atoms with Gasteiger partial charge in [0.1, 0.15) is 16.8 Å². The zero-order valence-electron chi connectivity index (χ0n) is 21.4. The van der Waals surface area contributed by atoms with Gasteiger partial charge in [0.15, 0.2) is 0 Å². The molecule has 0 aromatic heterocycles. The van der Waals surface area contributed by atoms with Crippen LogP contribution in [-0.2, 0) is 37.5 Å². The van der Waals surface area contributed by atoms with Gasteiger partial charge in [-0.3, -0.25) is 13.9 Å². The van der Waals surface area contributed by atoms with Crippen molar-refractivity contribution in [3.63, 3.8) is 0 Å². The van der Waals surface area contributed by atoms with Crippen molar-refractivity contribution in [1.29, 1.82) is 0 Å². The number of carbonyl (C=O) groups is 3. The van der Waals surface area contributed by atoms with Crippen LogP contribution in [0.2, 0.25) is 0 Å². The Labute approximate surface area is 220 Å². The number of benzene rings is 2. The molecule has 0 aliphatic carbocycles. The van der Waals surface area contributed by atoms with E-state index in [1.165, 1.54) is 16.4 Å². The molecule has 0 spiro atoms. The molecular weight excluding hydrogens is 495 g/mol. The maximum Gasteiger partial charge on any atom is 0.338 e. The molecule has 2 aromatic carbocycles. The molecule has 0 saturated carbocycles. The van der Waals surface area contributed by atoms with Crippen LogP contribution in [0.5, 0.6) is 0 Å². The summed E-state index contributed by atoms with van der Waals surface area (Å²) in [5, 5.41) is 2.89. The quantitative estimate of drug-likeness (QED) is 0.221. The molecule has 1 heterocycles. The van der Waals surface area contributed by atoms with Crippen molar-refractivity contribution < 1.29 is 27.7 Å². The van der Waals surface area contributed by atoms with E-state index < -0.39 is 17.0 Å². The van der Waals surface area contributed by atoms with Crippen LogP contribution in [0.15, 0.2) is 48.5 Å². The minimum absolute atomic E-state index is 0.126. The molecule has 2 atom stereocenters. The number of hydrogen-bond acceptors (Lipinski definition) is 5. The number of nitrogens with zero attached hydrogens (tertiary/aromatic N) is 1. The van der Waals surface area contributed by atoms with E-state index in [1.54, 1.807) is 50.2 Å². The summed E-state index contributed by atoms with van der Waals surface area (Å²) < 4.78 is 32.2. The SMILES string of the molecule is CC(C)OC(=O)c1ccc(CS(=O)N2C(=O)CC2CC(=O)NCCCCCCc2ccc(F)cc2)cc1. The summed E-state index contributed by atoms with van der Waals surface area (Å²) in [7, 11) is -1.59. The van der Waals surface area contributed by atoms with Gasteiger partial charge in [-0.2, -0.15) is 0 Å². The lowest BCUT2D eigenvalue weighted by molar-refractivity contribution is -0.138. The monoisotopic (exact) mass is 530 g/mol. The maximum absolute atomic E-state index is 12.9. The number of esters is 1. The first kappa shape index (κ1) is 28.5. The Morgan fingerprint density at radius 1 is 1.03 bits per heavy atom. The second-order valence-electron chi connectivity index (χ2n) is 9.54. The van der Waals surface area contributed by atoms with Crippen molar-refractivity contribution in [2.24, 2.45) is 0 Å². The lowest BCUT2D eigenvalue weighted by Gasteiger charge is -2.38. The van der Waals surface area contributed by atoms with E-state index in [2.05, 4.69) is 5.32 Å². The van der Waals surface area contributed by atoms with Crippen LogP contribution in [0.3, 0.4) is 0 Å². The Balaban J connectivity index is 1.33. The number of aryl methyl sites for hydroxylation is 1. The zero-order valence-corrected chi connectivity index (χ0v) is 22.2. The van der Waals surface area contributed by atoms with Crippen molar-refractivity contribution in [1.82, 2.24) is 9.62 Å². The van der Waals surface area contributed by atoms with Gasteiger partial charge in [0.2, 0.25) is 11.8 Å². The van der Waals surface area contributed by atoms with Crippen LogP contribution >= 0.6 is 0 Å². The van der Waals surface area contributed by atoms with E-state index in [1.807, 2.05) is 0 Å². The number of unbranched alkanes of at least 4 members (excludes halogenated alkanes) is 3. The highest BCUT2D eigenvalue weighted by molar-refractivity contribution is 7.82. The maximum atomic E-state index is 12.9. The fraction of sp³-hybridized carbons (Fsp3) is 0.464. The summed E-state index contributed by atoms with van der Waals surface area (Å²) in [5.74, 6) is -0.900. The number of ether oxygens (including phenoxy) is 1. The average Bonchev–Trinajstić information content (AvgIpc) is 2.84. The Morgan fingerprint density at radius 2 is 1.68 bits per heavy atom. The fourth-order valence-electron chi connectivity index (χ4n) is 4.10. The second-order valence-corrected chi connectivity index (χ2v) is 10.9. The van der Waals surface area contributed by atoms with E-state index in [0.717, 1.165) is 43.2 Å². The minimum Gasteiger partial charge on any atom is -0.459 e. The lowest BCUT2D eigenvalue weighted by atomic mass is 10.0. The van der Waals surface area contributed by atoms with Crippen LogP contribution in [0, 0.1) is 5.82 Å². The minimum atomic E-state index is -1.59. The molecule has 2 amide bonds. The molecule has 3 rings (SSSR count). The molecule has 7 nitrogen and oxygen atoms in total. The molecule has 9 heteroatoms. The fourth-order valence-corrected chi connectivity index (χ4v) is 5.50. The summed E-state index contributed by atoms with van der Waals surface area (Å²) in [4.78, 5) is 36.4. The molecule has 37 heavy (non-hydrogen) atoms. The topological polar surface area (TPSA) is 92.8 Å².